The average molecular weight is 214 g/mol. The van der Waals surface area contributed by atoms with Crippen LogP contribution in [0, 0.1) is 5.41 Å². The summed E-state index contributed by atoms with van der Waals surface area (Å²) in [5, 5.41) is 10.2. The van der Waals surface area contributed by atoms with Crippen molar-refractivity contribution < 1.29 is 5.11 Å². The molecule has 3 N–H and O–H groups in total. The smallest absolute Gasteiger partial charge is 0.121 e. The molecule has 2 nitrogen and oxygen atoms in total. The Labute approximate surface area is 89.7 Å². The van der Waals surface area contributed by atoms with Gasteiger partial charge >= 0.3 is 0 Å². The summed E-state index contributed by atoms with van der Waals surface area (Å²) < 4.78 is 0. The fourth-order valence-electron chi connectivity index (χ4n) is 1.25. The Balaban J connectivity index is 3.08. The maximum atomic E-state index is 9.66. The number of hydrogen-bond donors (Lipinski definition) is 2. The van der Waals surface area contributed by atoms with Crippen LogP contribution in [0.15, 0.2) is 18.2 Å². The van der Waals surface area contributed by atoms with E-state index in [0.717, 1.165) is 5.56 Å². The van der Waals surface area contributed by atoms with Crippen molar-refractivity contribution in [1.82, 2.24) is 0 Å². The summed E-state index contributed by atoms with van der Waals surface area (Å²) in [6.45, 7) is 6.10. The standard InChI is InChI=1S/C11H16ClNO/c1-11(2,3)10(13)8-5-4-7(12)6-9(8)14/h4-6,10,14H,13H2,1-3H3. The highest BCUT2D eigenvalue weighted by atomic mass is 35.5. The fourth-order valence-corrected chi connectivity index (χ4v) is 1.41. The van der Waals surface area contributed by atoms with Gasteiger partial charge in [0.15, 0.2) is 0 Å². The predicted octanol–water partition coefficient (Wildman–Crippen LogP) is 3.09. The van der Waals surface area contributed by atoms with E-state index in [0.29, 0.717) is 5.02 Å². The number of rotatable bonds is 1. The van der Waals surface area contributed by atoms with Crippen LogP contribution < -0.4 is 5.73 Å². The van der Waals surface area contributed by atoms with E-state index in [1.54, 1.807) is 12.1 Å². The molecule has 0 radical (unpaired) electrons. The molecule has 1 aromatic carbocycles. The molecule has 0 spiro atoms. The molecule has 0 saturated carbocycles. The first-order valence-electron chi connectivity index (χ1n) is 4.56. The molecule has 1 atom stereocenters. The molecule has 0 saturated heterocycles. The molecule has 3 heteroatoms. The third-order valence-corrected chi connectivity index (χ3v) is 2.50. The zero-order valence-electron chi connectivity index (χ0n) is 8.71. The van der Waals surface area contributed by atoms with Crippen molar-refractivity contribution in [3.63, 3.8) is 0 Å². The normalized spacial score (nSPS) is 14.1. The van der Waals surface area contributed by atoms with Crippen LogP contribution in [0.2, 0.25) is 5.02 Å². The second-order valence-corrected chi connectivity index (χ2v) is 4.98. The van der Waals surface area contributed by atoms with Crippen molar-refractivity contribution in [1.29, 1.82) is 0 Å². The van der Waals surface area contributed by atoms with Crippen molar-refractivity contribution >= 4 is 11.6 Å². The van der Waals surface area contributed by atoms with Crippen LogP contribution in [0.3, 0.4) is 0 Å². The van der Waals surface area contributed by atoms with E-state index in [9.17, 15) is 5.11 Å². The Morgan fingerprint density at radius 3 is 2.36 bits per heavy atom. The predicted molar refractivity (Wildman–Crippen MR) is 59.5 cm³/mol. The molecule has 0 aliphatic rings. The molecule has 0 bridgehead atoms. The van der Waals surface area contributed by atoms with Gasteiger partial charge in [-0.3, -0.25) is 0 Å². The molecule has 1 aromatic rings. The van der Waals surface area contributed by atoms with E-state index in [4.69, 9.17) is 17.3 Å². The lowest BCUT2D eigenvalue weighted by molar-refractivity contribution is 0.318. The maximum Gasteiger partial charge on any atom is 0.121 e. The minimum absolute atomic E-state index is 0.0781. The van der Waals surface area contributed by atoms with E-state index < -0.39 is 0 Å². The number of nitrogens with two attached hydrogens (primary N) is 1. The largest absolute Gasteiger partial charge is 0.508 e. The van der Waals surface area contributed by atoms with Crippen molar-refractivity contribution in [2.45, 2.75) is 26.8 Å². The summed E-state index contributed by atoms with van der Waals surface area (Å²) >= 11 is 5.74. The Morgan fingerprint density at radius 1 is 1.36 bits per heavy atom. The van der Waals surface area contributed by atoms with Crippen LogP contribution in [0.1, 0.15) is 32.4 Å². The number of halogens is 1. The second-order valence-electron chi connectivity index (χ2n) is 4.55. The van der Waals surface area contributed by atoms with Crippen LogP contribution in [0.4, 0.5) is 0 Å². The highest BCUT2D eigenvalue weighted by Crippen LogP contribution is 2.35. The van der Waals surface area contributed by atoms with Crippen LogP contribution >= 0.6 is 11.6 Å². The Morgan fingerprint density at radius 2 is 1.93 bits per heavy atom. The molecule has 14 heavy (non-hydrogen) atoms. The molecule has 0 fully saturated rings. The summed E-state index contributed by atoms with van der Waals surface area (Å²) in [5.41, 5.74) is 6.68. The van der Waals surface area contributed by atoms with Crippen molar-refractivity contribution in [3.8, 4) is 5.75 Å². The number of hydrogen-bond acceptors (Lipinski definition) is 2. The first-order valence-corrected chi connectivity index (χ1v) is 4.94. The highest BCUT2D eigenvalue weighted by molar-refractivity contribution is 6.30. The van der Waals surface area contributed by atoms with Gasteiger partial charge in [-0.1, -0.05) is 38.4 Å². The Kier molecular flexibility index (Phi) is 3.07. The fraction of sp³-hybridized carbons (Fsp3) is 0.455. The summed E-state index contributed by atoms with van der Waals surface area (Å²) in [6, 6.07) is 4.83. The van der Waals surface area contributed by atoms with Gasteiger partial charge in [0.05, 0.1) is 0 Å². The van der Waals surface area contributed by atoms with Crippen LogP contribution in [-0.2, 0) is 0 Å². The molecule has 1 unspecified atom stereocenters. The minimum atomic E-state index is -0.195. The summed E-state index contributed by atoms with van der Waals surface area (Å²) in [6.07, 6.45) is 0. The van der Waals surface area contributed by atoms with Gasteiger partial charge in [0.25, 0.3) is 0 Å². The SMILES string of the molecule is CC(C)(C)C(N)c1ccc(Cl)cc1O. The molecule has 0 amide bonds. The lowest BCUT2D eigenvalue weighted by Crippen LogP contribution is -2.26. The van der Waals surface area contributed by atoms with Crippen molar-refractivity contribution in [2.24, 2.45) is 11.1 Å². The van der Waals surface area contributed by atoms with E-state index in [1.165, 1.54) is 6.07 Å². The highest BCUT2D eigenvalue weighted by Gasteiger charge is 2.24. The number of aromatic hydroxyl groups is 1. The molecule has 0 aromatic heterocycles. The van der Waals surface area contributed by atoms with Gasteiger partial charge in [0.2, 0.25) is 0 Å². The summed E-state index contributed by atoms with van der Waals surface area (Å²) in [4.78, 5) is 0. The van der Waals surface area contributed by atoms with Gasteiger partial charge in [-0.05, 0) is 17.5 Å². The van der Waals surface area contributed by atoms with E-state index in [2.05, 4.69) is 0 Å². The van der Waals surface area contributed by atoms with E-state index in [-0.39, 0.29) is 17.2 Å². The van der Waals surface area contributed by atoms with Crippen LogP contribution in [0.5, 0.6) is 5.75 Å². The Hall–Kier alpha value is -0.730. The van der Waals surface area contributed by atoms with Gasteiger partial charge in [-0.2, -0.15) is 0 Å². The molecular formula is C11H16ClNO. The van der Waals surface area contributed by atoms with Gasteiger partial charge in [0.1, 0.15) is 5.75 Å². The average Bonchev–Trinajstić information content (AvgIpc) is 2.01. The summed E-state index contributed by atoms with van der Waals surface area (Å²) in [5.74, 6) is 0.167. The van der Waals surface area contributed by atoms with Gasteiger partial charge in [0, 0.05) is 16.6 Å². The monoisotopic (exact) mass is 213 g/mol. The minimum Gasteiger partial charge on any atom is -0.508 e. The third-order valence-electron chi connectivity index (χ3n) is 2.26. The van der Waals surface area contributed by atoms with E-state index >= 15 is 0 Å². The lowest BCUT2D eigenvalue weighted by Gasteiger charge is -2.27. The summed E-state index contributed by atoms with van der Waals surface area (Å²) in [7, 11) is 0. The molecule has 0 heterocycles. The quantitative estimate of drug-likeness (QED) is 0.753. The molecular weight excluding hydrogens is 198 g/mol. The van der Waals surface area contributed by atoms with Gasteiger partial charge < -0.3 is 10.8 Å². The molecule has 1 rings (SSSR count). The van der Waals surface area contributed by atoms with Crippen molar-refractivity contribution in [2.75, 3.05) is 0 Å². The van der Waals surface area contributed by atoms with Gasteiger partial charge in [-0.15, -0.1) is 0 Å². The first-order chi connectivity index (χ1) is 6.32. The topological polar surface area (TPSA) is 46.2 Å². The number of phenols is 1. The van der Waals surface area contributed by atoms with Gasteiger partial charge in [-0.25, -0.2) is 0 Å². The zero-order valence-corrected chi connectivity index (χ0v) is 9.47. The second kappa shape index (κ2) is 3.79. The van der Waals surface area contributed by atoms with Crippen molar-refractivity contribution in [3.05, 3.63) is 28.8 Å². The molecule has 0 aliphatic heterocycles. The third kappa shape index (κ3) is 2.40. The lowest BCUT2D eigenvalue weighted by atomic mass is 9.83. The number of benzene rings is 1. The molecule has 78 valence electrons. The zero-order chi connectivity index (χ0) is 10.9. The first kappa shape index (κ1) is 11.3. The van der Waals surface area contributed by atoms with E-state index in [1.807, 2.05) is 20.8 Å². The van der Waals surface area contributed by atoms with Crippen LogP contribution in [0.25, 0.3) is 0 Å². The number of phenolic OH excluding ortho intramolecular Hbond substituents is 1. The maximum absolute atomic E-state index is 9.66. The Bertz CT molecular complexity index is 331. The molecule has 0 aliphatic carbocycles. The van der Waals surface area contributed by atoms with Crippen LogP contribution in [-0.4, -0.2) is 5.11 Å².